The Morgan fingerprint density at radius 2 is 1.62 bits per heavy atom. The first-order valence-corrected chi connectivity index (χ1v) is 10.6. The molecule has 0 saturated carbocycles. The van der Waals surface area contributed by atoms with Crippen molar-refractivity contribution < 1.29 is 16.8 Å². The normalized spacial score (nSPS) is 17.0. The number of benzene rings is 2. The molecule has 2 aromatic carbocycles. The molecule has 3 rings (SSSR count). The third-order valence-corrected chi connectivity index (χ3v) is 7.15. The van der Waals surface area contributed by atoms with Crippen molar-refractivity contribution >= 4 is 43.0 Å². The van der Waals surface area contributed by atoms with Crippen LogP contribution in [0.25, 0.3) is 0 Å². The molecule has 1 fully saturated rings. The van der Waals surface area contributed by atoms with E-state index in [1.54, 1.807) is 12.1 Å². The van der Waals surface area contributed by atoms with Gasteiger partial charge < -0.3 is 0 Å². The standard InChI is InChI=1S/C15H15ClN2O4S2/c16-12-2-8-15(9-3-12)24(21,22)17-13-4-6-14(7-5-13)18-10-1-11-23(18,19)20/h2-9,17H,1,10-11H2. The van der Waals surface area contributed by atoms with E-state index >= 15 is 0 Å². The molecule has 24 heavy (non-hydrogen) atoms. The van der Waals surface area contributed by atoms with Crippen LogP contribution in [0.1, 0.15) is 6.42 Å². The Bertz CT molecular complexity index is 940. The van der Waals surface area contributed by atoms with E-state index in [2.05, 4.69) is 4.72 Å². The smallest absolute Gasteiger partial charge is 0.261 e. The summed E-state index contributed by atoms with van der Waals surface area (Å²) in [5, 5.41) is 0.449. The van der Waals surface area contributed by atoms with Crippen LogP contribution >= 0.6 is 11.6 Å². The zero-order chi connectivity index (χ0) is 17.4. The molecule has 0 atom stereocenters. The van der Waals surface area contributed by atoms with Gasteiger partial charge in [0.1, 0.15) is 0 Å². The Kier molecular flexibility index (Phi) is 4.46. The maximum absolute atomic E-state index is 12.3. The fourth-order valence-corrected chi connectivity index (χ4v) is 5.20. The molecule has 0 bridgehead atoms. The number of rotatable bonds is 4. The number of hydrogen-bond acceptors (Lipinski definition) is 4. The molecule has 0 spiro atoms. The monoisotopic (exact) mass is 386 g/mol. The van der Waals surface area contributed by atoms with Crippen molar-refractivity contribution in [3.8, 4) is 0 Å². The molecule has 6 nitrogen and oxygen atoms in total. The summed E-state index contributed by atoms with van der Waals surface area (Å²) in [4.78, 5) is 0.0955. The maximum Gasteiger partial charge on any atom is 0.261 e. The fraction of sp³-hybridized carbons (Fsp3) is 0.200. The van der Waals surface area contributed by atoms with E-state index in [1.807, 2.05) is 0 Å². The van der Waals surface area contributed by atoms with E-state index in [9.17, 15) is 16.8 Å². The molecule has 0 amide bonds. The third kappa shape index (κ3) is 3.50. The van der Waals surface area contributed by atoms with Crippen LogP contribution in [0.5, 0.6) is 0 Å². The molecule has 2 aromatic rings. The topological polar surface area (TPSA) is 83.6 Å². The fourth-order valence-electron chi connectivity index (χ4n) is 2.45. The largest absolute Gasteiger partial charge is 0.280 e. The first kappa shape index (κ1) is 17.1. The van der Waals surface area contributed by atoms with Gasteiger partial charge >= 0.3 is 0 Å². The average Bonchev–Trinajstić information content (AvgIpc) is 2.87. The van der Waals surface area contributed by atoms with E-state index in [0.717, 1.165) is 0 Å². The molecule has 128 valence electrons. The summed E-state index contributed by atoms with van der Waals surface area (Å²) in [6, 6.07) is 12.1. The Morgan fingerprint density at radius 3 is 2.17 bits per heavy atom. The van der Waals surface area contributed by atoms with Crippen LogP contribution in [0.3, 0.4) is 0 Å². The van der Waals surface area contributed by atoms with Crippen LogP contribution in [0, 0.1) is 0 Å². The van der Waals surface area contributed by atoms with Gasteiger partial charge in [0.05, 0.1) is 16.3 Å². The molecular weight excluding hydrogens is 372 g/mol. The maximum atomic E-state index is 12.3. The number of anilines is 2. The van der Waals surface area contributed by atoms with Crippen molar-refractivity contribution in [2.45, 2.75) is 11.3 Å². The van der Waals surface area contributed by atoms with Gasteiger partial charge in [0.2, 0.25) is 10.0 Å². The van der Waals surface area contributed by atoms with Gasteiger partial charge in [0.25, 0.3) is 10.0 Å². The lowest BCUT2D eigenvalue weighted by Gasteiger charge is -2.17. The number of hydrogen-bond donors (Lipinski definition) is 1. The van der Waals surface area contributed by atoms with Crippen molar-refractivity contribution in [3.05, 3.63) is 53.6 Å². The van der Waals surface area contributed by atoms with Gasteiger partial charge in [-0.25, -0.2) is 16.8 Å². The average molecular weight is 387 g/mol. The molecule has 1 aliphatic heterocycles. The van der Waals surface area contributed by atoms with Crippen LogP contribution in [-0.2, 0) is 20.0 Å². The SMILES string of the molecule is O=S(=O)(Nc1ccc(N2CCCS2(=O)=O)cc1)c1ccc(Cl)cc1. The van der Waals surface area contributed by atoms with Gasteiger partial charge in [-0.2, -0.15) is 0 Å². The van der Waals surface area contributed by atoms with Crippen LogP contribution in [0.15, 0.2) is 53.4 Å². The lowest BCUT2D eigenvalue weighted by Crippen LogP contribution is -2.25. The minimum Gasteiger partial charge on any atom is -0.280 e. The van der Waals surface area contributed by atoms with E-state index in [0.29, 0.717) is 29.4 Å². The van der Waals surface area contributed by atoms with E-state index in [-0.39, 0.29) is 10.6 Å². The van der Waals surface area contributed by atoms with Crippen molar-refractivity contribution in [1.29, 1.82) is 0 Å². The van der Waals surface area contributed by atoms with Crippen molar-refractivity contribution in [1.82, 2.24) is 0 Å². The molecule has 1 N–H and O–H groups in total. The summed E-state index contributed by atoms with van der Waals surface area (Å²) < 4.78 is 52.2. The number of nitrogens with one attached hydrogen (secondary N) is 1. The summed E-state index contributed by atoms with van der Waals surface area (Å²) in [5.41, 5.74) is 0.882. The Hall–Kier alpha value is -1.77. The summed E-state index contributed by atoms with van der Waals surface area (Å²) in [7, 11) is -6.98. The predicted octanol–water partition coefficient (Wildman–Crippen LogP) is 2.68. The zero-order valence-electron chi connectivity index (χ0n) is 12.5. The number of halogens is 1. The second-order valence-electron chi connectivity index (χ2n) is 5.35. The van der Waals surface area contributed by atoms with Gasteiger partial charge in [0.15, 0.2) is 0 Å². The van der Waals surface area contributed by atoms with Gasteiger partial charge in [-0.05, 0) is 55.0 Å². The van der Waals surface area contributed by atoms with Crippen LogP contribution < -0.4 is 9.03 Å². The summed E-state index contributed by atoms with van der Waals surface area (Å²) in [5.74, 6) is 0.137. The Labute approximate surface area is 146 Å². The lowest BCUT2D eigenvalue weighted by atomic mass is 10.3. The van der Waals surface area contributed by atoms with Gasteiger partial charge in [-0.3, -0.25) is 9.03 Å². The second kappa shape index (κ2) is 6.27. The molecule has 0 radical (unpaired) electrons. The van der Waals surface area contributed by atoms with Crippen molar-refractivity contribution in [3.63, 3.8) is 0 Å². The molecule has 9 heteroatoms. The second-order valence-corrected chi connectivity index (χ2v) is 9.48. The van der Waals surface area contributed by atoms with Crippen molar-refractivity contribution in [2.75, 3.05) is 21.3 Å². The minimum absolute atomic E-state index is 0.0955. The van der Waals surface area contributed by atoms with E-state index in [4.69, 9.17) is 11.6 Å². The van der Waals surface area contributed by atoms with Gasteiger partial charge in [0, 0.05) is 17.3 Å². The van der Waals surface area contributed by atoms with Crippen LogP contribution in [0.4, 0.5) is 11.4 Å². The lowest BCUT2D eigenvalue weighted by molar-refractivity contribution is 0.598. The highest BCUT2D eigenvalue weighted by Crippen LogP contribution is 2.26. The minimum atomic E-state index is -3.73. The highest BCUT2D eigenvalue weighted by Gasteiger charge is 2.28. The van der Waals surface area contributed by atoms with E-state index in [1.165, 1.54) is 40.7 Å². The molecule has 0 aromatic heterocycles. The van der Waals surface area contributed by atoms with Gasteiger partial charge in [-0.1, -0.05) is 11.6 Å². The molecule has 0 unspecified atom stereocenters. The van der Waals surface area contributed by atoms with E-state index < -0.39 is 20.0 Å². The highest BCUT2D eigenvalue weighted by molar-refractivity contribution is 7.93. The summed E-state index contributed by atoms with van der Waals surface area (Å²) in [6.45, 7) is 0.443. The molecule has 1 aliphatic rings. The summed E-state index contributed by atoms with van der Waals surface area (Å²) >= 11 is 5.76. The predicted molar refractivity (Wildman–Crippen MR) is 94.5 cm³/mol. The molecule has 0 aliphatic carbocycles. The van der Waals surface area contributed by atoms with Gasteiger partial charge in [-0.15, -0.1) is 0 Å². The number of sulfonamides is 2. The van der Waals surface area contributed by atoms with Crippen molar-refractivity contribution in [2.24, 2.45) is 0 Å². The van der Waals surface area contributed by atoms with Crippen LogP contribution in [-0.4, -0.2) is 29.1 Å². The Morgan fingerprint density at radius 1 is 1.00 bits per heavy atom. The first-order chi connectivity index (χ1) is 11.3. The zero-order valence-corrected chi connectivity index (χ0v) is 14.9. The van der Waals surface area contributed by atoms with Crippen LogP contribution in [0.2, 0.25) is 5.02 Å². The Balaban J connectivity index is 1.80. The summed E-state index contributed by atoms with van der Waals surface area (Å²) in [6.07, 6.45) is 0.591. The third-order valence-electron chi connectivity index (χ3n) is 3.63. The molecular formula is C15H15ClN2O4S2. The molecule has 1 saturated heterocycles. The first-order valence-electron chi connectivity index (χ1n) is 7.17. The quantitative estimate of drug-likeness (QED) is 0.875. The highest BCUT2D eigenvalue weighted by atomic mass is 35.5. The molecule has 1 heterocycles. The number of nitrogens with zero attached hydrogens (tertiary/aromatic N) is 1.